The first-order valence-electron chi connectivity index (χ1n) is 19.6. The molecule has 9 rings (SSSR count). The molecule has 5 aromatic heterocycles. The minimum absolute atomic E-state index is 0.0119. The summed E-state index contributed by atoms with van der Waals surface area (Å²) in [5.74, 6) is -0.879. The lowest BCUT2D eigenvalue weighted by Crippen LogP contribution is -2.44. The Labute approximate surface area is 329 Å². The molecule has 3 amide bonds. The fourth-order valence-electron chi connectivity index (χ4n) is 8.96. The van der Waals surface area contributed by atoms with Gasteiger partial charge in [0.25, 0.3) is 6.43 Å². The molecule has 0 radical (unpaired) electrons. The van der Waals surface area contributed by atoms with Gasteiger partial charge in [-0.2, -0.15) is 10.2 Å². The highest BCUT2D eigenvalue weighted by molar-refractivity contribution is 6.00. The lowest BCUT2D eigenvalue weighted by atomic mass is 9.85. The van der Waals surface area contributed by atoms with Crippen LogP contribution >= 0.6 is 0 Å². The van der Waals surface area contributed by atoms with Crippen LogP contribution in [0.2, 0.25) is 0 Å². The lowest BCUT2D eigenvalue weighted by Gasteiger charge is -2.37. The third-order valence-electron chi connectivity index (χ3n) is 12.0. The van der Waals surface area contributed by atoms with Gasteiger partial charge in [0.2, 0.25) is 17.7 Å². The lowest BCUT2D eigenvalue weighted by molar-refractivity contribution is -0.135. The number of nitrogens with two attached hydrogens (primary N) is 1. The molecule has 302 valence electrons. The molecule has 1 aromatic carbocycles. The number of alkyl halides is 2. The van der Waals surface area contributed by atoms with E-state index in [9.17, 15) is 28.0 Å². The average Bonchev–Trinajstić information content (AvgIpc) is 4.02. The number of hydrogen-bond donors (Lipinski definition) is 3. The van der Waals surface area contributed by atoms with E-state index in [1.54, 1.807) is 51.4 Å². The monoisotopic (exact) mass is 795 g/mol. The molecule has 2 aliphatic heterocycles. The maximum atomic E-state index is 14.3. The fourth-order valence-corrected chi connectivity index (χ4v) is 8.96. The molecule has 17 nitrogen and oxygen atoms in total. The largest absolute Gasteiger partial charge is 0.380 e. The van der Waals surface area contributed by atoms with Crippen molar-refractivity contribution in [1.29, 1.82) is 0 Å². The zero-order chi connectivity index (χ0) is 40.2. The quantitative estimate of drug-likeness (QED) is 0.172. The number of rotatable bonds is 10. The molecule has 0 bridgehead atoms. The Balaban J connectivity index is 0.807. The van der Waals surface area contributed by atoms with Crippen molar-refractivity contribution in [2.24, 2.45) is 18.7 Å². The molecular weight excluding hydrogens is 753 g/mol. The molecule has 7 heterocycles. The van der Waals surface area contributed by atoms with Gasteiger partial charge < -0.3 is 16.0 Å². The number of amides is 3. The molecule has 0 spiro atoms. The van der Waals surface area contributed by atoms with Crippen LogP contribution in [0.3, 0.4) is 0 Å². The number of hydrogen-bond acceptors (Lipinski definition) is 10. The van der Waals surface area contributed by atoms with Crippen molar-refractivity contribution in [3.8, 4) is 17.1 Å². The molecule has 19 heteroatoms. The molecule has 3 fully saturated rings. The van der Waals surface area contributed by atoms with Gasteiger partial charge in [0, 0.05) is 39.1 Å². The van der Waals surface area contributed by atoms with Crippen molar-refractivity contribution in [1.82, 2.24) is 53.7 Å². The number of anilines is 1. The first-order valence-corrected chi connectivity index (χ1v) is 19.6. The van der Waals surface area contributed by atoms with Gasteiger partial charge in [-0.1, -0.05) is 11.3 Å². The number of halogens is 2. The Morgan fingerprint density at radius 1 is 1.02 bits per heavy atom. The number of likely N-dealkylation sites (tertiary alicyclic amines) is 1. The summed E-state index contributed by atoms with van der Waals surface area (Å²) < 4.78 is 36.3. The standard InChI is InChI=1S/C39H43F2N13O4/c1-49-35-27(3-2-4-30(35)53(39(49)58)31-11-12-33(55)45-38(31)57)44-24-13-15-50(16-14-24)19-22-5-7-25(8-6-22)51-21-32(34(47-51)36(40)41)52-20-28(46-48-52)29-10-9-26-17-23(37(42)56)18-43-54(26)29/h2-4,9-10,17-18,20-22,24-25,31,36,44H,5-8,11-16,19H2,1H3,(H2,42,56)(H,45,55,57). The zero-order valence-corrected chi connectivity index (χ0v) is 31.8. The second kappa shape index (κ2) is 14.9. The number of primary amides is 1. The van der Waals surface area contributed by atoms with E-state index in [-0.39, 0.29) is 53.5 Å². The normalized spacial score (nSPS) is 21.0. The fraction of sp³-hybridized carbons (Fsp3) is 0.436. The van der Waals surface area contributed by atoms with E-state index in [1.165, 1.54) is 15.4 Å². The summed E-state index contributed by atoms with van der Waals surface area (Å²) in [6, 6.07) is 10.3. The minimum atomic E-state index is -2.81. The van der Waals surface area contributed by atoms with Crippen LogP contribution in [0.15, 0.2) is 59.8 Å². The van der Waals surface area contributed by atoms with Crippen molar-refractivity contribution in [3.05, 3.63) is 76.7 Å². The van der Waals surface area contributed by atoms with Crippen molar-refractivity contribution < 1.29 is 23.2 Å². The van der Waals surface area contributed by atoms with Crippen molar-refractivity contribution in [2.75, 3.05) is 25.0 Å². The van der Waals surface area contributed by atoms with Gasteiger partial charge in [-0.15, -0.1) is 5.10 Å². The summed E-state index contributed by atoms with van der Waals surface area (Å²) in [4.78, 5) is 51.9. The van der Waals surface area contributed by atoms with Crippen LogP contribution in [0.25, 0.3) is 33.6 Å². The summed E-state index contributed by atoms with van der Waals surface area (Å²) in [5, 5.41) is 23.1. The van der Waals surface area contributed by atoms with E-state index in [0.717, 1.165) is 69.4 Å². The second-order valence-electron chi connectivity index (χ2n) is 15.6. The van der Waals surface area contributed by atoms with E-state index >= 15 is 0 Å². The highest BCUT2D eigenvalue weighted by Gasteiger charge is 2.33. The van der Waals surface area contributed by atoms with E-state index < -0.39 is 24.3 Å². The number of fused-ring (bicyclic) bond motifs is 2. The first kappa shape index (κ1) is 37.3. The van der Waals surface area contributed by atoms with Gasteiger partial charge in [-0.05, 0) is 81.2 Å². The molecule has 3 aliphatic rings. The Morgan fingerprint density at radius 3 is 2.55 bits per heavy atom. The number of nitrogens with zero attached hydrogens (tertiary/aromatic N) is 10. The van der Waals surface area contributed by atoms with E-state index in [1.807, 2.05) is 18.2 Å². The van der Waals surface area contributed by atoms with Crippen LogP contribution < -0.4 is 22.1 Å². The number of aromatic nitrogens is 9. The van der Waals surface area contributed by atoms with Gasteiger partial charge in [0.1, 0.15) is 17.4 Å². The number of aryl methyl sites for hydroxylation is 1. The van der Waals surface area contributed by atoms with E-state index in [4.69, 9.17) is 5.73 Å². The summed E-state index contributed by atoms with van der Waals surface area (Å²) in [6.45, 7) is 2.82. The Morgan fingerprint density at radius 2 is 1.81 bits per heavy atom. The number of nitrogens with one attached hydrogen (secondary N) is 2. The van der Waals surface area contributed by atoms with E-state index in [2.05, 4.69) is 36.0 Å². The number of carbonyl (C=O) groups is 3. The molecule has 2 saturated heterocycles. The predicted molar refractivity (Wildman–Crippen MR) is 207 cm³/mol. The summed E-state index contributed by atoms with van der Waals surface area (Å²) in [5.41, 5.74) is 9.02. The molecule has 1 unspecified atom stereocenters. The van der Waals surface area contributed by atoms with Crippen molar-refractivity contribution >= 4 is 40.0 Å². The van der Waals surface area contributed by atoms with Crippen molar-refractivity contribution in [2.45, 2.75) is 75.9 Å². The molecule has 6 aromatic rings. The highest BCUT2D eigenvalue weighted by atomic mass is 19.3. The number of para-hydroxylation sites is 1. The third kappa shape index (κ3) is 6.81. The van der Waals surface area contributed by atoms with Gasteiger partial charge in [-0.25, -0.2) is 22.8 Å². The Bertz CT molecular complexity index is 2610. The molecule has 1 atom stereocenters. The van der Waals surface area contributed by atoms with Gasteiger partial charge in [0.15, 0.2) is 5.69 Å². The average molecular weight is 796 g/mol. The number of carbonyl (C=O) groups excluding carboxylic acids is 3. The molecule has 58 heavy (non-hydrogen) atoms. The predicted octanol–water partition coefficient (Wildman–Crippen LogP) is 3.75. The SMILES string of the molecule is Cn1c(=O)n(C2CCC(=O)NC2=O)c2cccc(NC3CCN(CC4CCC(n5cc(-n6cc(-c7ccc8cc(C(N)=O)cnn78)nn6)c(C(F)F)n5)CC4)CC3)c21. The molecule has 4 N–H and O–H groups in total. The van der Waals surface area contributed by atoms with Crippen LogP contribution in [-0.4, -0.2) is 91.8 Å². The van der Waals surface area contributed by atoms with E-state index in [0.29, 0.717) is 28.3 Å². The van der Waals surface area contributed by atoms with Crippen LogP contribution in [0.4, 0.5) is 14.5 Å². The number of imide groups is 1. The number of benzene rings is 1. The summed E-state index contributed by atoms with van der Waals surface area (Å²) in [6.07, 6.45) is 7.66. The van der Waals surface area contributed by atoms with Crippen LogP contribution in [-0.2, 0) is 16.6 Å². The topological polar surface area (TPSA) is 197 Å². The van der Waals surface area contributed by atoms with Crippen LogP contribution in [0.5, 0.6) is 0 Å². The van der Waals surface area contributed by atoms with Crippen LogP contribution in [0.1, 0.15) is 85.9 Å². The molecule has 1 aliphatic carbocycles. The number of imidazole rings is 1. The maximum absolute atomic E-state index is 14.3. The van der Waals surface area contributed by atoms with Gasteiger partial charge >= 0.3 is 5.69 Å². The smallest absolute Gasteiger partial charge is 0.329 e. The number of piperidine rings is 2. The highest BCUT2D eigenvalue weighted by Crippen LogP contribution is 2.36. The third-order valence-corrected chi connectivity index (χ3v) is 12.0. The molecule has 1 saturated carbocycles. The maximum Gasteiger partial charge on any atom is 0.329 e. The van der Waals surface area contributed by atoms with Crippen molar-refractivity contribution in [3.63, 3.8) is 0 Å². The van der Waals surface area contributed by atoms with Gasteiger partial charge in [0.05, 0.1) is 58.1 Å². The Kier molecular flexibility index (Phi) is 9.61. The minimum Gasteiger partial charge on any atom is -0.380 e. The summed E-state index contributed by atoms with van der Waals surface area (Å²) >= 11 is 0. The molecular formula is C39H43F2N13O4. The van der Waals surface area contributed by atoms with Crippen LogP contribution in [0, 0.1) is 5.92 Å². The Hall–Kier alpha value is -6.24. The first-order chi connectivity index (χ1) is 28.0. The summed E-state index contributed by atoms with van der Waals surface area (Å²) in [7, 11) is 1.71. The van der Waals surface area contributed by atoms with Gasteiger partial charge in [-0.3, -0.25) is 33.5 Å². The zero-order valence-electron chi connectivity index (χ0n) is 31.8. The second-order valence-corrected chi connectivity index (χ2v) is 15.6.